The molecule has 3 nitrogen and oxygen atoms in total. The summed E-state index contributed by atoms with van der Waals surface area (Å²) < 4.78 is 43.9. The number of amides is 1. The third kappa shape index (κ3) is 4.22. The van der Waals surface area contributed by atoms with Crippen molar-refractivity contribution >= 4 is 34.0 Å². The van der Waals surface area contributed by atoms with Crippen LogP contribution in [0.1, 0.15) is 24.0 Å². The van der Waals surface area contributed by atoms with Gasteiger partial charge in [0.05, 0.1) is 29.3 Å². The summed E-state index contributed by atoms with van der Waals surface area (Å²) in [7, 11) is 1.58. The molecule has 3 rings (SSSR count). The molecule has 1 N–H and O–H groups in total. The number of fused-ring (bicyclic) bond motifs is 1. The van der Waals surface area contributed by atoms with Gasteiger partial charge >= 0.3 is 6.18 Å². The van der Waals surface area contributed by atoms with Crippen molar-refractivity contribution < 1.29 is 22.7 Å². The molecule has 0 aliphatic heterocycles. The number of carbonyl (C=O) groups is 1. The molecule has 0 saturated carbocycles. The summed E-state index contributed by atoms with van der Waals surface area (Å²) in [4.78, 5) is 12.6. The Bertz CT molecular complexity index is 1030. The van der Waals surface area contributed by atoms with E-state index >= 15 is 0 Å². The average Bonchev–Trinajstić information content (AvgIpc) is 2.67. The highest BCUT2D eigenvalue weighted by Crippen LogP contribution is 2.34. The van der Waals surface area contributed by atoms with E-state index in [0.717, 1.165) is 40.3 Å². The van der Waals surface area contributed by atoms with E-state index in [1.807, 2.05) is 30.3 Å². The molecule has 146 valence electrons. The SMILES string of the molecule is COc1ccc2cc([C@H](C)C(=O)Nc3cc(C(F)(F)F)ccc3Cl)ccc2c1. The summed E-state index contributed by atoms with van der Waals surface area (Å²) in [5, 5.41) is 4.42. The molecule has 7 heteroatoms. The van der Waals surface area contributed by atoms with Crippen molar-refractivity contribution in [2.45, 2.75) is 19.0 Å². The molecule has 28 heavy (non-hydrogen) atoms. The first kappa shape index (κ1) is 20.0. The predicted octanol–water partition coefficient (Wildman–Crippen LogP) is 6.26. The van der Waals surface area contributed by atoms with E-state index in [0.29, 0.717) is 0 Å². The van der Waals surface area contributed by atoms with E-state index in [4.69, 9.17) is 16.3 Å². The van der Waals surface area contributed by atoms with Crippen LogP contribution in [0.25, 0.3) is 10.8 Å². The minimum absolute atomic E-state index is 0.0409. The van der Waals surface area contributed by atoms with E-state index < -0.39 is 23.6 Å². The van der Waals surface area contributed by atoms with Crippen LogP contribution in [-0.4, -0.2) is 13.0 Å². The average molecular weight is 408 g/mol. The van der Waals surface area contributed by atoms with Gasteiger partial charge in [-0.1, -0.05) is 35.9 Å². The Labute approximate surface area is 165 Å². The van der Waals surface area contributed by atoms with Gasteiger partial charge in [-0.05, 0) is 53.6 Å². The molecule has 0 heterocycles. The van der Waals surface area contributed by atoms with E-state index in [1.54, 1.807) is 20.1 Å². The second-order valence-corrected chi connectivity index (χ2v) is 6.78. The van der Waals surface area contributed by atoms with Crippen molar-refractivity contribution in [3.63, 3.8) is 0 Å². The van der Waals surface area contributed by atoms with Crippen molar-refractivity contribution in [1.29, 1.82) is 0 Å². The zero-order valence-electron chi connectivity index (χ0n) is 15.1. The summed E-state index contributed by atoms with van der Waals surface area (Å²) in [6.45, 7) is 1.68. The molecule has 3 aromatic carbocycles. The summed E-state index contributed by atoms with van der Waals surface area (Å²) in [6, 6.07) is 13.9. The zero-order valence-corrected chi connectivity index (χ0v) is 15.9. The van der Waals surface area contributed by atoms with E-state index in [2.05, 4.69) is 5.32 Å². The first-order valence-corrected chi connectivity index (χ1v) is 8.82. The van der Waals surface area contributed by atoms with Gasteiger partial charge in [-0.15, -0.1) is 0 Å². The first-order chi connectivity index (χ1) is 13.2. The maximum Gasteiger partial charge on any atom is 0.416 e. The molecule has 0 spiro atoms. The Morgan fingerprint density at radius 1 is 1.04 bits per heavy atom. The number of hydrogen-bond donors (Lipinski definition) is 1. The molecule has 0 unspecified atom stereocenters. The van der Waals surface area contributed by atoms with Crippen LogP contribution in [0.15, 0.2) is 54.6 Å². The minimum Gasteiger partial charge on any atom is -0.497 e. The Morgan fingerprint density at radius 2 is 1.71 bits per heavy atom. The highest BCUT2D eigenvalue weighted by Gasteiger charge is 2.31. The molecule has 0 aliphatic rings. The Morgan fingerprint density at radius 3 is 2.39 bits per heavy atom. The zero-order chi connectivity index (χ0) is 20.5. The molecule has 0 aromatic heterocycles. The number of rotatable bonds is 4. The number of benzene rings is 3. The van der Waals surface area contributed by atoms with Crippen LogP contribution in [-0.2, 0) is 11.0 Å². The van der Waals surface area contributed by atoms with Gasteiger partial charge in [0.15, 0.2) is 0 Å². The maximum absolute atomic E-state index is 12.9. The lowest BCUT2D eigenvalue weighted by molar-refractivity contribution is -0.137. The van der Waals surface area contributed by atoms with Crippen LogP contribution in [0.3, 0.4) is 0 Å². The fourth-order valence-corrected chi connectivity index (χ4v) is 2.99. The number of hydrogen-bond acceptors (Lipinski definition) is 2. The highest BCUT2D eigenvalue weighted by molar-refractivity contribution is 6.33. The van der Waals surface area contributed by atoms with Crippen molar-refractivity contribution in [2.75, 3.05) is 12.4 Å². The summed E-state index contributed by atoms with van der Waals surface area (Å²) in [5.74, 6) is -0.309. The number of halogens is 4. The number of carbonyl (C=O) groups excluding carboxylic acids is 1. The lowest BCUT2D eigenvalue weighted by Crippen LogP contribution is -2.19. The molecular weight excluding hydrogens is 391 g/mol. The minimum atomic E-state index is -4.52. The van der Waals surface area contributed by atoms with Crippen molar-refractivity contribution in [3.8, 4) is 5.75 Å². The second-order valence-electron chi connectivity index (χ2n) is 6.38. The Balaban J connectivity index is 1.84. The third-order valence-electron chi connectivity index (χ3n) is 4.52. The summed E-state index contributed by atoms with van der Waals surface area (Å²) >= 11 is 5.95. The number of anilines is 1. The van der Waals surface area contributed by atoms with E-state index in [1.165, 1.54) is 0 Å². The van der Waals surface area contributed by atoms with Gasteiger partial charge < -0.3 is 10.1 Å². The quantitative estimate of drug-likeness (QED) is 0.554. The normalized spacial score (nSPS) is 12.6. The Kier molecular flexibility index (Phi) is 5.52. The van der Waals surface area contributed by atoms with E-state index in [9.17, 15) is 18.0 Å². The van der Waals surface area contributed by atoms with Crippen LogP contribution >= 0.6 is 11.6 Å². The molecule has 0 aliphatic carbocycles. The number of alkyl halides is 3. The molecule has 0 fully saturated rings. The van der Waals surface area contributed by atoms with Crippen molar-refractivity contribution in [3.05, 3.63) is 70.7 Å². The molecule has 1 amide bonds. The third-order valence-corrected chi connectivity index (χ3v) is 4.85. The number of ether oxygens (including phenoxy) is 1. The van der Waals surface area contributed by atoms with Gasteiger partial charge in [-0.25, -0.2) is 0 Å². The largest absolute Gasteiger partial charge is 0.497 e. The van der Waals surface area contributed by atoms with Crippen LogP contribution < -0.4 is 10.1 Å². The number of methoxy groups -OCH3 is 1. The fraction of sp³-hybridized carbons (Fsp3) is 0.190. The smallest absolute Gasteiger partial charge is 0.416 e. The molecule has 1 atom stereocenters. The number of nitrogens with one attached hydrogen (secondary N) is 1. The highest BCUT2D eigenvalue weighted by atomic mass is 35.5. The maximum atomic E-state index is 12.9. The Hall–Kier alpha value is -2.73. The second kappa shape index (κ2) is 7.72. The summed E-state index contributed by atoms with van der Waals surface area (Å²) in [5.41, 5.74) is -0.211. The van der Waals surface area contributed by atoms with Crippen LogP contribution in [0, 0.1) is 0 Å². The fourth-order valence-electron chi connectivity index (χ4n) is 2.83. The van der Waals surface area contributed by atoms with Crippen molar-refractivity contribution in [1.82, 2.24) is 0 Å². The molecule has 0 radical (unpaired) electrons. The lowest BCUT2D eigenvalue weighted by atomic mass is 9.97. The predicted molar refractivity (Wildman–Crippen MR) is 104 cm³/mol. The summed E-state index contributed by atoms with van der Waals surface area (Å²) in [6.07, 6.45) is -4.52. The van der Waals surface area contributed by atoms with Gasteiger partial charge in [0.2, 0.25) is 5.91 Å². The van der Waals surface area contributed by atoms with Gasteiger partial charge in [-0.3, -0.25) is 4.79 Å². The van der Waals surface area contributed by atoms with Crippen molar-refractivity contribution in [2.24, 2.45) is 0 Å². The van der Waals surface area contributed by atoms with E-state index in [-0.39, 0.29) is 10.7 Å². The monoisotopic (exact) mass is 407 g/mol. The van der Waals surface area contributed by atoms with Gasteiger partial charge in [-0.2, -0.15) is 13.2 Å². The lowest BCUT2D eigenvalue weighted by Gasteiger charge is -2.16. The van der Waals surface area contributed by atoms with Gasteiger partial charge in [0, 0.05) is 0 Å². The van der Waals surface area contributed by atoms with Crippen LogP contribution in [0.4, 0.5) is 18.9 Å². The standard InChI is InChI=1S/C21H17ClF3NO2/c1-12(13-3-4-15-10-17(28-2)7-5-14(15)9-13)20(27)26-19-11-16(21(23,24)25)6-8-18(19)22/h3-12H,1-2H3,(H,26,27)/t12-/m0/s1. The topological polar surface area (TPSA) is 38.3 Å². The van der Waals surface area contributed by atoms with Crippen LogP contribution in [0.2, 0.25) is 5.02 Å². The molecule has 0 saturated heterocycles. The molecule has 3 aromatic rings. The van der Waals surface area contributed by atoms with Crippen LogP contribution in [0.5, 0.6) is 5.75 Å². The van der Waals surface area contributed by atoms with Gasteiger partial charge in [0.1, 0.15) is 5.75 Å². The van der Waals surface area contributed by atoms with Gasteiger partial charge in [0.25, 0.3) is 0 Å². The molecular formula is C21H17ClF3NO2. The molecule has 0 bridgehead atoms. The first-order valence-electron chi connectivity index (χ1n) is 8.44.